The predicted octanol–water partition coefficient (Wildman–Crippen LogP) is 3.38. The number of benzene rings is 2. The molecule has 0 spiro atoms. The number of carboxylic acids is 1. The van der Waals surface area contributed by atoms with Gasteiger partial charge in [0.25, 0.3) is 5.97 Å². The number of nitrogens with zero attached hydrogens (tertiary/aromatic N) is 4. The number of amidine groups is 1. The summed E-state index contributed by atoms with van der Waals surface area (Å²) in [6, 6.07) is 17.4. The third-order valence-corrected chi connectivity index (χ3v) is 7.71. The first-order chi connectivity index (χ1) is 18.5. The molecule has 1 atom stereocenters. The van der Waals surface area contributed by atoms with E-state index in [4.69, 9.17) is 29.8 Å². The van der Waals surface area contributed by atoms with Crippen molar-refractivity contribution in [1.29, 1.82) is 0 Å². The largest absolute Gasteiger partial charge is 0.481 e. The van der Waals surface area contributed by atoms with Gasteiger partial charge in [0.1, 0.15) is 11.6 Å². The van der Waals surface area contributed by atoms with Crippen LogP contribution in [0.15, 0.2) is 76.8 Å². The van der Waals surface area contributed by atoms with Crippen LogP contribution in [0.2, 0.25) is 0 Å². The smallest absolute Gasteiger partial charge is 0.311 e. The van der Waals surface area contributed by atoms with E-state index in [2.05, 4.69) is 4.98 Å². The number of hydrogen-bond donors (Lipinski definition) is 2. The van der Waals surface area contributed by atoms with E-state index in [0.29, 0.717) is 36.0 Å². The second-order valence-electron chi connectivity index (χ2n) is 9.13. The first-order valence-corrected chi connectivity index (χ1v) is 13.6. The van der Waals surface area contributed by atoms with Crippen LogP contribution in [-0.2, 0) is 20.5 Å². The maximum absolute atomic E-state index is 14.5. The number of aliphatic carboxylic acids is 1. The highest BCUT2D eigenvalue weighted by Gasteiger charge is 2.50. The van der Waals surface area contributed by atoms with Crippen molar-refractivity contribution in [1.82, 2.24) is 9.88 Å². The Labute approximate surface area is 225 Å². The molecule has 2 aromatic carbocycles. The lowest BCUT2D eigenvalue weighted by Gasteiger charge is -2.29. The molecule has 3 aromatic rings. The molecule has 39 heavy (non-hydrogen) atoms. The lowest BCUT2D eigenvalue weighted by molar-refractivity contribution is -0.134. The Morgan fingerprint density at radius 1 is 1.13 bits per heavy atom. The van der Waals surface area contributed by atoms with Gasteiger partial charge in [0.05, 0.1) is 11.8 Å². The molecule has 3 N–H and O–H groups in total. The minimum absolute atomic E-state index is 0.198. The molecule has 10 nitrogen and oxygen atoms in total. The van der Waals surface area contributed by atoms with Crippen molar-refractivity contribution in [3.63, 3.8) is 0 Å². The molecule has 12 heteroatoms. The second-order valence-corrected chi connectivity index (χ2v) is 11.2. The van der Waals surface area contributed by atoms with Crippen LogP contribution in [0.25, 0.3) is 11.1 Å². The molecule has 1 unspecified atom stereocenters. The summed E-state index contributed by atoms with van der Waals surface area (Å²) in [4.78, 5) is 24.2. The van der Waals surface area contributed by atoms with Crippen molar-refractivity contribution in [3.05, 3.63) is 83.9 Å². The fourth-order valence-corrected chi connectivity index (χ4v) is 4.88. The van der Waals surface area contributed by atoms with E-state index < -0.39 is 32.8 Å². The van der Waals surface area contributed by atoms with Gasteiger partial charge in [-0.25, -0.2) is 9.98 Å². The van der Waals surface area contributed by atoms with Gasteiger partial charge in [0.15, 0.2) is 11.5 Å². The molecule has 0 bridgehead atoms. The SMILES string of the molecule is CC(=O)O.CC(C)S(=O)(=O)Oc1ccc(C2(c3cccc(-c4cccnc4F)c3)N=C(N)N3CCN=C32)cc1. The molecule has 5 rings (SSSR count). The highest BCUT2D eigenvalue weighted by atomic mass is 32.2. The Hall–Kier alpha value is -4.32. The Bertz CT molecular complexity index is 1550. The molecule has 0 amide bonds. The van der Waals surface area contributed by atoms with E-state index in [-0.39, 0.29) is 5.75 Å². The summed E-state index contributed by atoms with van der Waals surface area (Å²) in [6.07, 6.45) is 1.40. The van der Waals surface area contributed by atoms with Crippen LogP contribution in [0.1, 0.15) is 31.9 Å². The first kappa shape index (κ1) is 27.7. The average Bonchev–Trinajstić information content (AvgIpc) is 3.48. The van der Waals surface area contributed by atoms with Crippen molar-refractivity contribution in [2.75, 3.05) is 13.1 Å². The summed E-state index contributed by atoms with van der Waals surface area (Å²) in [5, 5.41) is 6.74. The minimum Gasteiger partial charge on any atom is -0.481 e. The van der Waals surface area contributed by atoms with Gasteiger partial charge in [0.2, 0.25) is 5.95 Å². The number of carbonyl (C=O) groups is 1. The topological polar surface area (TPSA) is 148 Å². The number of rotatable bonds is 6. The lowest BCUT2D eigenvalue weighted by Crippen LogP contribution is -2.41. The quantitative estimate of drug-likeness (QED) is 0.349. The van der Waals surface area contributed by atoms with Crippen LogP contribution in [0.3, 0.4) is 0 Å². The molecule has 0 saturated carbocycles. The van der Waals surface area contributed by atoms with Gasteiger partial charge in [-0.1, -0.05) is 30.3 Å². The van der Waals surface area contributed by atoms with Crippen molar-refractivity contribution in [2.45, 2.75) is 31.6 Å². The Kier molecular flexibility index (Phi) is 7.68. The molecule has 0 fully saturated rings. The van der Waals surface area contributed by atoms with Crippen molar-refractivity contribution < 1.29 is 26.9 Å². The molecular weight excluding hydrogens is 525 g/mol. The number of halogens is 1. The number of aromatic nitrogens is 1. The van der Waals surface area contributed by atoms with E-state index in [1.807, 2.05) is 23.1 Å². The third-order valence-electron chi connectivity index (χ3n) is 6.14. The molecule has 204 valence electrons. The minimum atomic E-state index is -3.73. The van der Waals surface area contributed by atoms with Crippen LogP contribution < -0.4 is 9.92 Å². The number of pyridine rings is 1. The van der Waals surface area contributed by atoms with E-state index >= 15 is 0 Å². The molecule has 0 saturated heterocycles. The highest BCUT2D eigenvalue weighted by molar-refractivity contribution is 7.87. The molecule has 1 aromatic heterocycles. The highest BCUT2D eigenvalue weighted by Crippen LogP contribution is 2.43. The lowest BCUT2D eigenvalue weighted by atomic mass is 9.81. The summed E-state index contributed by atoms with van der Waals surface area (Å²) < 4.78 is 44.1. The Morgan fingerprint density at radius 3 is 2.46 bits per heavy atom. The van der Waals surface area contributed by atoms with Crippen LogP contribution in [0, 0.1) is 5.95 Å². The zero-order chi connectivity index (χ0) is 28.4. The summed E-state index contributed by atoms with van der Waals surface area (Å²) in [6.45, 7) is 5.37. The molecular formula is C27H28FN5O5S. The molecule has 2 aliphatic heterocycles. The summed E-state index contributed by atoms with van der Waals surface area (Å²) in [5.41, 5.74) is 7.71. The van der Waals surface area contributed by atoms with Gasteiger partial charge in [-0.15, -0.1) is 0 Å². The second kappa shape index (κ2) is 10.8. The van der Waals surface area contributed by atoms with Crippen molar-refractivity contribution in [2.24, 2.45) is 15.7 Å². The number of guanidine groups is 1. The summed E-state index contributed by atoms with van der Waals surface area (Å²) >= 11 is 0. The number of fused-ring (bicyclic) bond motifs is 1. The molecule has 2 aliphatic rings. The van der Waals surface area contributed by atoms with Crippen LogP contribution in [-0.4, -0.2) is 59.5 Å². The zero-order valence-corrected chi connectivity index (χ0v) is 22.4. The van der Waals surface area contributed by atoms with Gasteiger partial charge in [-0.2, -0.15) is 12.8 Å². The molecule has 0 radical (unpaired) electrons. The number of carboxylic acid groups (broad SMARTS) is 1. The average molecular weight is 554 g/mol. The number of hydrogen-bond acceptors (Lipinski definition) is 9. The maximum atomic E-state index is 14.5. The fourth-order valence-electron chi connectivity index (χ4n) is 4.31. The van der Waals surface area contributed by atoms with Gasteiger partial charge in [-0.05, 0) is 60.9 Å². The van der Waals surface area contributed by atoms with Crippen LogP contribution in [0.4, 0.5) is 4.39 Å². The number of aliphatic imine (C=N–C) groups is 2. The zero-order valence-electron chi connectivity index (χ0n) is 21.6. The van der Waals surface area contributed by atoms with Gasteiger partial charge < -0.3 is 15.0 Å². The molecule has 0 aliphatic carbocycles. The monoisotopic (exact) mass is 553 g/mol. The van der Waals surface area contributed by atoms with Gasteiger partial charge >= 0.3 is 10.1 Å². The van der Waals surface area contributed by atoms with Crippen LogP contribution in [0.5, 0.6) is 5.75 Å². The van der Waals surface area contributed by atoms with Crippen LogP contribution >= 0.6 is 0 Å². The van der Waals surface area contributed by atoms with Gasteiger partial charge in [-0.3, -0.25) is 14.7 Å². The summed E-state index contributed by atoms with van der Waals surface area (Å²) in [5.74, 6) is -0.200. The Morgan fingerprint density at radius 2 is 1.82 bits per heavy atom. The van der Waals surface area contributed by atoms with E-state index in [1.54, 1.807) is 56.3 Å². The van der Waals surface area contributed by atoms with Crippen molar-refractivity contribution >= 4 is 27.9 Å². The fraction of sp³-hybridized carbons (Fsp3) is 0.259. The van der Waals surface area contributed by atoms with Gasteiger partial charge in [0, 0.05) is 25.2 Å². The normalized spacial score (nSPS) is 18.1. The maximum Gasteiger partial charge on any atom is 0.311 e. The standard InChI is InChI=1S/C25H24FN5O3S.C2H4O2/c1-16(2)35(32,33)34-20-10-8-18(9-11-20)25(23-29-13-14-31(23)24(27)30-25)19-6-3-5-17(15-19)21-7-4-12-28-22(21)26;1-2(3)4/h3-12,15-16H,13-14H2,1-2H3,(H2,27,30);1H3,(H,3,4). The third kappa shape index (κ3) is 5.46. The van der Waals surface area contributed by atoms with E-state index in [1.165, 1.54) is 6.20 Å². The van der Waals surface area contributed by atoms with E-state index in [0.717, 1.165) is 18.1 Å². The molecule has 3 heterocycles. The first-order valence-electron chi connectivity index (χ1n) is 12.1. The Balaban J connectivity index is 0.000000826. The van der Waals surface area contributed by atoms with Crippen molar-refractivity contribution in [3.8, 4) is 16.9 Å². The summed E-state index contributed by atoms with van der Waals surface area (Å²) in [7, 11) is -3.73. The number of nitrogens with two attached hydrogens (primary N) is 1. The van der Waals surface area contributed by atoms with E-state index in [9.17, 15) is 12.8 Å². The predicted molar refractivity (Wildman–Crippen MR) is 145 cm³/mol.